The third-order valence-corrected chi connectivity index (χ3v) is 5.86. The Morgan fingerprint density at radius 1 is 1.03 bits per heavy atom. The van der Waals surface area contributed by atoms with E-state index in [0.717, 1.165) is 16.3 Å². The molecule has 5 nitrogen and oxygen atoms in total. The number of carbonyl (C=O) groups is 1. The highest BCUT2D eigenvalue weighted by atomic mass is 16.5. The number of aliphatic carboxylic acids is 1. The second-order valence-corrected chi connectivity index (χ2v) is 7.67. The van der Waals surface area contributed by atoms with Crippen molar-refractivity contribution in [3.63, 3.8) is 0 Å². The summed E-state index contributed by atoms with van der Waals surface area (Å²) in [6.07, 6.45) is 3.23. The van der Waals surface area contributed by atoms with E-state index in [0.29, 0.717) is 16.9 Å². The van der Waals surface area contributed by atoms with Crippen LogP contribution in [0.15, 0.2) is 91.3 Å². The summed E-state index contributed by atoms with van der Waals surface area (Å²) in [6.45, 7) is 0. The van der Waals surface area contributed by atoms with Crippen molar-refractivity contribution < 1.29 is 14.6 Å². The molecule has 4 aromatic rings. The highest BCUT2D eigenvalue weighted by Gasteiger charge is 2.49. The zero-order chi connectivity index (χ0) is 22.6. The molecule has 0 aliphatic carbocycles. The molecule has 4 rings (SSSR count). The highest BCUT2D eigenvalue weighted by Crippen LogP contribution is 2.48. The van der Waals surface area contributed by atoms with Gasteiger partial charge in [0.25, 0.3) is 0 Å². The number of benzene rings is 3. The number of methoxy groups -OCH3 is 1. The molecule has 2 atom stereocenters. The number of nitrogens with zero attached hydrogens (tertiary/aromatic N) is 2. The molecule has 0 spiro atoms. The Labute approximate surface area is 186 Å². The first kappa shape index (κ1) is 21.1. The molecule has 0 fully saturated rings. The van der Waals surface area contributed by atoms with Gasteiger partial charge >= 0.3 is 5.97 Å². The van der Waals surface area contributed by atoms with Crippen LogP contribution in [0.25, 0.3) is 10.8 Å². The van der Waals surface area contributed by atoms with Crippen LogP contribution in [0.1, 0.15) is 22.6 Å². The third-order valence-electron chi connectivity index (χ3n) is 5.86. The lowest BCUT2D eigenvalue weighted by atomic mass is 9.65. The first-order valence-corrected chi connectivity index (χ1v) is 10.2. The summed E-state index contributed by atoms with van der Waals surface area (Å²) in [5.41, 5.74) is 0.304. The monoisotopic (exact) mass is 422 g/mol. The standard InChI is InChI=1S/C27H22N2O3/c1-32-24-14-5-4-12-23(24)25(22-13-6-10-20-9-2-3-11-21(20)22)27(18-28,26(30)31)16-19-8-7-15-29-17-19/h2-15,17,25H,16H2,1H3,(H,30,31)/t25?,27-/m1/s1. The lowest BCUT2D eigenvalue weighted by Crippen LogP contribution is -2.39. The van der Waals surface area contributed by atoms with E-state index in [4.69, 9.17) is 4.74 Å². The highest BCUT2D eigenvalue weighted by molar-refractivity contribution is 5.89. The summed E-state index contributed by atoms with van der Waals surface area (Å²) < 4.78 is 5.61. The minimum Gasteiger partial charge on any atom is -0.496 e. The van der Waals surface area contributed by atoms with Gasteiger partial charge < -0.3 is 9.84 Å². The van der Waals surface area contributed by atoms with Gasteiger partial charge in [0, 0.05) is 30.3 Å². The SMILES string of the molecule is COc1ccccc1C(c1cccc2ccccc12)[C@](C#N)(Cc1cccnc1)C(=O)O. The van der Waals surface area contributed by atoms with E-state index in [1.807, 2.05) is 60.7 Å². The fourth-order valence-electron chi connectivity index (χ4n) is 4.38. The van der Waals surface area contributed by atoms with E-state index >= 15 is 0 Å². The fraction of sp³-hybridized carbons (Fsp3) is 0.148. The normalized spacial score (nSPS) is 13.6. The maximum absolute atomic E-state index is 12.9. The molecule has 0 radical (unpaired) electrons. The van der Waals surface area contributed by atoms with E-state index in [2.05, 4.69) is 11.1 Å². The second kappa shape index (κ2) is 8.91. The largest absolute Gasteiger partial charge is 0.496 e. The number of rotatable bonds is 7. The molecule has 158 valence electrons. The van der Waals surface area contributed by atoms with Gasteiger partial charge in [0.2, 0.25) is 0 Å². The minimum atomic E-state index is -1.79. The van der Waals surface area contributed by atoms with E-state index in [9.17, 15) is 15.2 Å². The number of para-hydroxylation sites is 1. The molecule has 1 heterocycles. The number of pyridine rings is 1. The molecule has 0 aliphatic rings. The molecule has 3 aromatic carbocycles. The van der Waals surface area contributed by atoms with E-state index in [-0.39, 0.29) is 6.42 Å². The van der Waals surface area contributed by atoms with Crippen LogP contribution in [0.2, 0.25) is 0 Å². The van der Waals surface area contributed by atoms with Crippen LogP contribution in [-0.4, -0.2) is 23.2 Å². The number of nitriles is 1. The molecule has 0 bridgehead atoms. The Morgan fingerprint density at radius 2 is 1.75 bits per heavy atom. The number of ether oxygens (including phenoxy) is 1. The van der Waals surface area contributed by atoms with Crippen molar-refractivity contribution in [2.45, 2.75) is 12.3 Å². The van der Waals surface area contributed by atoms with Crippen molar-refractivity contribution in [1.82, 2.24) is 4.98 Å². The maximum atomic E-state index is 12.9. The average molecular weight is 422 g/mol. The molecule has 0 saturated heterocycles. The number of hydrogen-bond acceptors (Lipinski definition) is 4. The number of carboxylic acids is 1. The predicted octanol–water partition coefficient (Wildman–Crippen LogP) is 5.21. The Hall–Kier alpha value is -4.17. The minimum absolute atomic E-state index is 0.00138. The number of aromatic nitrogens is 1. The Kier molecular flexibility index (Phi) is 5.87. The molecule has 32 heavy (non-hydrogen) atoms. The summed E-state index contributed by atoms with van der Waals surface area (Å²) in [5, 5.41) is 22.9. The average Bonchev–Trinajstić information content (AvgIpc) is 2.84. The maximum Gasteiger partial charge on any atom is 0.325 e. The van der Waals surface area contributed by atoms with Crippen molar-refractivity contribution in [3.05, 3.63) is 108 Å². The molecule has 1 N–H and O–H groups in total. The first-order valence-electron chi connectivity index (χ1n) is 10.2. The van der Waals surface area contributed by atoms with Crippen LogP contribution in [-0.2, 0) is 11.2 Å². The molecular formula is C27H22N2O3. The van der Waals surface area contributed by atoms with E-state index < -0.39 is 17.3 Å². The van der Waals surface area contributed by atoms with Crippen molar-refractivity contribution in [2.75, 3.05) is 7.11 Å². The summed E-state index contributed by atoms with van der Waals surface area (Å²) in [4.78, 5) is 17.0. The zero-order valence-corrected chi connectivity index (χ0v) is 17.6. The zero-order valence-electron chi connectivity index (χ0n) is 17.6. The Balaban J connectivity index is 2.06. The second-order valence-electron chi connectivity index (χ2n) is 7.67. The van der Waals surface area contributed by atoms with Crippen LogP contribution in [0.4, 0.5) is 0 Å². The third kappa shape index (κ3) is 3.67. The van der Waals surface area contributed by atoms with Crippen molar-refractivity contribution >= 4 is 16.7 Å². The van der Waals surface area contributed by atoms with Crippen LogP contribution in [0.3, 0.4) is 0 Å². The number of hydrogen-bond donors (Lipinski definition) is 1. The molecular weight excluding hydrogens is 400 g/mol. The molecule has 5 heteroatoms. The summed E-state index contributed by atoms with van der Waals surface area (Å²) in [5.74, 6) is -1.43. The predicted molar refractivity (Wildman–Crippen MR) is 122 cm³/mol. The lowest BCUT2D eigenvalue weighted by Gasteiger charge is -2.34. The summed E-state index contributed by atoms with van der Waals surface area (Å²) in [6, 6.07) is 26.6. The van der Waals surface area contributed by atoms with Crippen LogP contribution in [0, 0.1) is 16.7 Å². The van der Waals surface area contributed by atoms with Crippen molar-refractivity contribution in [1.29, 1.82) is 5.26 Å². The van der Waals surface area contributed by atoms with Gasteiger partial charge in [-0.2, -0.15) is 5.26 Å². The Morgan fingerprint density at radius 3 is 2.47 bits per heavy atom. The van der Waals surface area contributed by atoms with Gasteiger partial charge in [-0.15, -0.1) is 0 Å². The van der Waals surface area contributed by atoms with Gasteiger partial charge in [-0.3, -0.25) is 9.78 Å². The van der Waals surface area contributed by atoms with Gasteiger partial charge in [0.05, 0.1) is 13.2 Å². The smallest absolute Gasteiger partial charge is 0.325 e. The molecule has 1 aromatic heterocycles. The van der Waals surface area contributed by atoms with Crippen molar-refractivity contribution in [2.24, 2.45) is 5.41 Å². The quantitative estimate of drug-likeness (QED) is 0.442. The van der Waals surface area contributed by atoms with E-state index in [1.165, 1.54) is 0 Å². The van der Waals surface area contributed by atoms with Crippen molar-refractivity contribution in [3.8, 4) is 11.8 Å². The van der Waals surface area contributed by atoms with Crippen LogP contribution < -0.4 is 4.74 Å². The van der Waals surface area contributed by atoms with E-state index in [1.54, 1.807) is 37.7 Å². The Bertz CT molecular complexity index is 1290. The number of fused-ring (bicyclic) bond motifs is 1. The molecule has 1 unspecified atom stereocenters. The number of carboxylic acid groups (broad SMARTS) is 1. The lowest BCUT2D eigenvalue weighted by molar-refractivity contribution is -0.146. The van der Waals surface area contributed by atoms with Gasteiger partial charge in [0.15, 0.2) is 5.41 Å². The fourth-order valence-corrected chi connectivity index (χ4v) is 4.38. The van der Waals surface area contributed by atoms with Gasteiger partial charge in [-0.1, -0.05) is 66.7 Å². The van der Waals surface area contributed by atoms with Crippen LogP contribution in [0.5, 0.6) is 5.75 Å². The van der Waals surface area contributed by atoms with Gasteiger partial charge in [0.1, 0.15) is 5.75 Å². The van der Waals surface area contributed by atoms with Crippen LogP contribution >= 0.6 is 0 Å². The summed E-state index contributed by atoms with van der Waals surface area (Å²) >= 11 is 0. The summed E-state index contributed by atoms with van der Waals surface area (Å²) in [7, 11) is 1.55. The van der Waals surface area contributed by atoms with Gasteiger partial charge in [-0.05, 0) is 34.0 Å². The molecule has 0 saturated carbocycles. The first-order chi connectivity index (χ1) is 15.6. The molecule has 0 amide bonds. The van der Waals surface area contributed by atoms with Gasteiger partial charge in [-0.25, -0.2) is 0 Å². The topological polar surface area (TPSA) is 83.2 Å². The molecule has 0 aliphatic heterocycles.